The number of hydrogen-bond acceptors (Lipinski definition) is 8. The van der Waals surface area contributed by atoms with Gasteiger partial charge in [-0.3, -0.25) is 0 Å². The lowest BCUT2D eigenvalue weighted by Crippen LogP contribution is -1.93. The van der Waals surface area contributed by atoms with E-state index in [2.05, 4.69) is 31.2 Å². The number of rotatable bonds is 4. The number of aromatic nitrogens is 4. The number of hydrazone groups is 1. The summed E-state index contributed by atoms with van der Waals surface area (Å²) in [5.74, 6) is 1.12. The summed E-state index contributed by atoms with van der Waals surface area (Å²) in [6.07, 6.45) is 1.49. The van der Waals surface area contributed by atoms with Crippen LogP contribution in [0.3, 0.4) is 0 Å². The fraction of sp³-hybridized carbons (Fsp3) is 0.0714. The molecule has 0 aliphatic carbocycles. The average Bonchev–Trinajstić information content (AvgIpc) is 3.29. The van der Waals surface area contributed by atoms with Crippen molar-refractivity contribution in [3.8, 4) is 11.3 Å². The molecule has 1 aliphatic rings. The van der Waals surface area contributed by atoms with Crippen molar-refractivity contribution in [2.45, 2.75) is 6.61 Å². The van der Waals surface area contributed by atoms with E-state index in [1.54, 1.807) is 18.2 Å². The van der Waals surface area contributed by atoms with Gasteiger partial charge in [-0.1, -0.05) is 17.2 Å². The van der Waals surface area contributed by atoms with Crippen LogP contribution < -0.4 is 5.43 Å². The molecule has 0 saturated heterocycles. The normalized spacial score (nSPS) is 13.3. The number of nitrogens with one attached hydrogen (secondary N) is 2. The fourth-order valence-electron chi connectivity index (χ4n) is 2.21. The van der Waals surface area contributed by atoms with Crippen LogP contribution in [0.5, 0.6) is 0 Å². The summed E-state index contributed by atoms with van der Waals surface area (Å²) in [7, 11) is 0. The van der Waals surface area contributed by atoms with Gasteiger partial charge in [-0.2, -0.15) is 10.3 Å². The second-order valence-electron chi connectivity index (χ2n) is 4.76. The van der Waals surface area contributed by atoms with Crippen LogP contribution in [0, 0.1) is 0 Å². The molecule has 1 aliphatic heterocycles. The maximum Gasteiger partial charge on any atom is 0.338 e. The van der Waals surface area contributed by atoms with Gasteiger partial charge >= 0.3 is 5.97 Å². The Morgan fingerprint density at radius 2 is 2.26 bits per heavy atom. The molecule has 0 fully saturated rings. The number of benzene rings is 1. The van der Waals surface area contributed by atoms with Gasteiger partial charge in [0.1, 0.15) is 18.1 Å². The van der Waals surface area contributed by atoms with Crippen LogP contribution in [0.2, 0.25) is 0 Å². The zero-order chi connectivity index (χ0) is 15.6. The van der Waals surface area contributed by atoms with E-state index in [0.29, 0.717) is 23.7 Å². The molecule has 0 bridgehead atoms. The molecule has 4 rings (SSSR count). The van der Waals surface area contributed by atoms with Crippen LogP contribution in [0.25, 0.3) is 11.3 Å². The van der Waals surface area contributed by atoms with Crippen LogP contribution in [0.4, 0.5) is 5.95 Å². The summed E-state index contributed by atoms with van der Waals surface area (Å²) in [6.45, 7) is 0.326. The number of carbonyl (C=O) groups excluding carboxylic acids is 1. The molecule has 3 aromatic rings. The molecule has 1 aromatic carbocycles. The van der Waals surface area contributed by atoms with Crippen LogP contribution in [-0.2, 0) is 11.3 Å². The first kappa shape index (κ1) is 13.2. The number of ether oxygens (including phenoxy) is 1. The van der Waals surface area contributed by atoms with Crippen molar-refractivity contribution in [3.63, 3.8) is 0 Å². The molecule has 2 N–H and O–H groups in total. The predicted molar refractivity (Wildman–Crippen MR) is 78.7 cm³/mol. The summed E-state index contributed by atoms with van der Waals surface area (Å²) < 4.78 is 10.7. The highest BCUT2D eigenvalue weighted by Gasteiger charge is 2.21. The SMILES string of the molecule is O=C1OCc2ccc(-c3ccc(/C=N/Nc4nn[nH]n4)o3)cc21. The summed E-state index contributed by atoms with van der Waals surface area (Å²) in [5, 5.41) is 17.0. The second kappa shape index (κ2) is 5.37. The molecule has 0 atom stereocenters. The molecule has 114 valence electrons. The van der Waals surface area contributed by atoms with E-state index in [0.717, 1.165) is 11.1 Å². The zero-order valence-electron chi connectivity index (χ0n) is 11.7. The lowest BCUT2D eigenvalue weighted by Gasteiger charge is -1.99. The number of anilines is 1. The number of carbonyl (C=O) groups is 1. The monoisotopic (exact) mass is 310 g/mol. The third-order valence-corrected chi connectivity index (χ3v) is 3.30. The average molecular weight is 310 g/mol. The van der Waals surface area contributed by atoms with Gasteiger partial charge in [0.15, 0.2) is 0 Å². The number of cyclic esters (lactones) is 1. The zero-order valence-corrected chi connectivity index (χ0v) is 11.7. The Bertz CT molecular complexity index is 884. The minimum atomic E-state index is -0.306. The molecular formula is C14H10N6O3. The molecule has 0 amide bonds. The van der Waals surface area contributed by atoms with Crippen LogP contribution in [0.1, 0.15) is 21.7 Å². The number of furan rings is 1. The Balaban J connectivity index is 1.53. The molecule has 3 heterocycles. The van der Waals surface area contributed by atoms with E-state index in [9.17, 15) is 4.79 Å². The van der Waals surface area contributed by atoms with E-state index in [1.165, 1.54) is 6.21 Å². The summed E-state index contributed by atoms with van der Waals surface area (Å²) >= 11 is 0. The topological polar surface area (TPSA) is 118 Å². The highest BCUT2D eigenvalue weighted by molar-refractivity contribution is 5.94. The highest BCUT2D eigenvalue weighted by Crippen LogP contribution is 2.27. The maximum atomic E-state index is 11.6. The number of nitrogens with zero attached hydrogens (tertiary/aromatic N) is 4. The molecule has 23 heavy (non-hydrogen) atoms. The van der Waals surface area contributed by atoms with Gasteiger partial charge in [0, 0.05) is 11.1 Å². The molecule has 0 spiro atoms. The molecule has 2 aromatic heterocycles. The summed E-state index contributed by atoms with van der Waals surface area (Å²) in [4.78, 5) is 11.6. The van der Waals surface area contributed by atoms with E-state index in [-0.39, 0.29) is 11.9 Å². The van der Waals surface area contributed by atoms with Crippen molar-refractivity contribution in [1.29, 1.82) is 0 Å². The fourth-order valence-corrected chi connectivity index (χ4v) is 2.21. The summed E-state index contributed by atoms with van der Waals surface area (Å²) in [5.41, 5.74) is 4.86. The Kier molecular flexibility index (Phi) is 3.08. The third-order valence-electron chi connectivity index (χ3n) is 3.30. The van der Waals surface area contributed by atoms with Crippen LogP contribution in [0.15, 0.2) is 39.9 Å². The van der Waals surface area contributed by atoms with E-state index >= 15 is 0 Å². The minimum Gasteiger partial charge on any atom is -0.457 e. The van der Waals surface area contributed by atoms with Gasteiger partial charge < -0.3 is 9.15 Å². The lowest BCUT2D eigenvalue weighted by molar-refractivity contribution is 0.0535. The smallest absolute Gasteiger partial charge is 0.338 e. The predicted octanol–water partition coefficient (Wildman–Crippen LogP) is 1.58. The second-order valence-corrected chi connectivity index (χ2v) is 4.76. The van der Waals surface area contributed by atoms with Crippen molar-refractivity contribution in [2.24, 2.45) is 5.10 Å². The maximum absolute atomic E-state index is 11.6. The quantitative estimate of drug-likeness (QED) is 0.426. The number of tetrazole rings is 1. The van der Waals surface area contributed by atoms with E-state index < -0.39 is 0 Å². The molecular weight excluding hydrogens is 300 g/mol. The number of fused-ring (bicyclic) bond motifs is 1. The summed E-state index contributed by atoms with van der Waals surface area (Å²) in [6, 6.07) is 9.09. The first-order valence-corrected chi connectivity index (χ1v) is 6.72. The number of esters is 1. The van der Waals surface area contributed by atoms with Crippen molar-refractivity contribution < 1.29 is 13.9 Å². The molecule has 9 nitrogen and oxygen atoms in total. The van der Waals surface area contributed by atoms with Gasteiger partial charge in [-0.25, -0.2) is 10.2 Å². The Morgan fingerprint density at radius 3 is 3.13 bits per heavy atom. The third kappa shape index (κ3) is 2.55. The number of H-pyrrole nitrogens is 1. The van der Waals surface area contributed by atoms with Gasteiger partial charge in [0.25, 0.3) is 5.95 Å². The first-order chi connectivity index (χ1) is 11.3. The Morgan fingerprint density at radius 1 is 1.30 bits per heavy atom. The van der Waals surface area contributed by atoms with Gasteiger partial charge in [-0.05, 0) is 23.4 Å². The lowest BCUT2D eigenvalue weighted by atomic mass is 10.0. The first-order valence-electron chi connectivity index (χ1n) is 6.72. The molecule has 0 radical (unpaired) electrons. The Hall–Kier alpha value is -3.49. The van der Waals surface area contributed by atoms with Crippen molar-refractivity contribution in [2.75, 3.05) is 5.43 Å². The van der Waals surface area contributed by atoms with Gasteiger partial charge in [-0.15, -0.1) is 5.10 Å². The molecule has 9 heteroatoms. The van der Waals surface area contributed by atoms with E-state index in [1.807, 2.05) is 12.1 Å². The van der Waals surface area contributed by atoms with Crippen LogP contribution in [-0.4, -0.2) is 32.8 Å². The van der Waals surface area contributed by atoms with Crippen molar-refractivity contribution in [1.82, 2.24) is 20.6 Å². The number of hydrogen-bond donors (Lipinski definition) is 2. The Labute approximate surface area is 129 Å². The van der Waals surface area contributed by atoms with Crippen LogP contribution >= 0.6 is 0 Å². The van der Waals surface area contributed by atoms with Crippen molar-refractivity contribution >= 4 is 18.1 Å². The molecule has 0 unspecified atom stereocenters. The van der Waals surface area contributed by atoms with Gasteiger partial charge in [0.05, 0.1) is 11.8 Å². The largest absolute Gasteiger partial charge is 0.457 e. The molecule has 0 saturated carbocycles. The van der Waals surface area contributed by atoms with E-state index in [4.69, 9.17) is 9.15 Å². The number of aromatic amines is 1. The minimum absolute atomic E-state index is 0.255. The van der Waals surface area contributed by atoms with Gasteiger partial charge in [0.2, 0.25) is 0 Å². The standard InChI is InChI=1S/C14H10N6O3/c21-13-11-5-8(1-2-9(11)7-22-13)12-4-3-10(23-12)6-15-16-14-17-19-20-18-14/h1-6H,7H2,(H2,16,17,18,19,20)/b15-6+. The highest BCUT2D eigenvalue weighted by atomic mass is 16.5. The van der Waals surface area contributed by atoms with Crippen molar-refractivity contribution in [3.05, 3.63) is 47.2 Å².